The van der Waals surface area contributed by atoms with E-state index in [1.807, 2.05) is 0 Å². The van der Waals surface area contributed by atoms with Crippen molar-refractivity contribution in [3.05, 3.63) is 11.8 Å². The first-order valence-electron chi connectivity index (χ1n) is 13.1. The van der Waals surface area contributed by atoms with Crippen molar-refractivity contribution in [3.8, 4) is 0 Å². The SMILES string of the molecule is CC(C)(C)[Si](C)(C)OC1=C[C@@H](C2CCCCC2)C([C@@H]2O[C@@H]2[Si](C)(C)C(C)(C)C)CC(=O)C1. The maximum atomic E-state index is 13.2. The zero-order valence-corrected chi connectivity index (χ0v) is 24.6. The van der Waals surface area contributed by atoms with Crippen LogP contribution in [0.5, 0.6) is 0 Å². The second-order valence-corrected chi connectivity index (χ2v) is 24.3. The summed E-state index contributed by atoms with van der Waals surface area (Å²) < 4.78 is 13.3. The van der Waals surface area contributed by atoms with Crippen molar-refractivity contribution in [2.45, 2.75) is 135 Å². The van der Waals surface area contributed by atoms with Crippen molar-refractivity contribution in [3.63, 3.8) is 0 Å². The maximum Gasteiger partial charge on any atom is 0.250 e. The summed E-state index contributed by atoms with van der Waals surface area (Å²) in [5.41, 5.74) is 0.377. The third-order valence-electron chi connectivity index (χ3n) is 9.69. The van der Waals surface area contributed by atoms with E-state index < -0.39 is 16.4 Å². The highest BCUT2D eigenvalue weighted by molar-refractivity contribution is 6.82. The molecule has 0 aromatic carbocycles. The quantitative estimate of drug-likeness (QED) is 0.298. The Morgan fingerprint density at radius 1 is 0.938 bits per heavy atom. The molecule has 1 heterocycles. The zero-order chi connectivity index (χ0) is 24.1. The monoisotopic (exact) mass is 478 g/mol. The lowest BCUT2D eigenvalue weighted by Crippen LogP contribution is -2.45. The first-order chi connectivity index (χ1) is 14.5. The Labute approximate surface area is 200 Å². The van der Waals surface area contributed by atoms with Crippen molar-refractivity contribution >= 4 is 22.2 Å². The minimum atomic E-state index is -1.97. The summed E-state index contributed by atoms with van der Waals surface area (Å²) in [6.07, 6.45) is 10.4. The first kappa shape index (κ1) is 26.2. The van der Waals surface area contributed by atoms with Crippen LogP contribution in [-0.4, -0.2) is 34.0 Å². The minimum absolute atomic E-state index is 0.135. The molecule has 3 aliphatic rings. The summed E-state index contributed by atoms with van der Waals surface area (Å²) in [6, 6.07) is 0. The van der Waals surface area contributed by atoms with Crippen LogP contribution < -0.4 is 0 Å². The Hall–Kier alpha value is -0.396. The molecule has 1 saturated carbocycles. The highest BCUT2D eigenvalue weighted by Crippen LogP contribution is 2.52. The molecule has 32 heavy (non-hydrogen) atoms. The van der Waals surface area contributed by atoms with Crippen LogP contribution >= 0.6 is 0 Å². The van der Waals surface area contributed by atoms with Gasteiger partial charge in [0.05, 0.1) is 32.1 Å². The van der Waals surface area contributed by atoms with Crippen molar-refractivity contribution in [1.82, 2.24) is 0 Å². The molecule has 0 bridgehead atoms. The van der Waals surface area contributed by atoms with Gasteiger partial charge < -0.3 is 9.16 Å². The van der Waals surface area contributed by atoms with E-state index in [0.717, 1.165) is 5.76 Å². The molecule has 0 spiro atoms. The topological polar surface area (TPSA) is 38.8 Å². The van der Waals surface area contributed by atoms with Gasteiger partial charge in [0.25, 0.3) is 0 Å². The van der Waals surface area contributed by atoms with Gasteiger partial charge in [-0.2, -0.15) is 0 Å². The van der Waals surface area contributed by atoms with E-state index in [4.69, 9.17) is 9.16 Å². The summed E-state index contributed by atoms with van der Waals surface area (Å²) in [4.78, 5) is 13.2. The number of epoxide rings is 1. The van der Waals surface area contributed by atoms with Gasteiger partial charge in [-0.25, -0.2) is 0 Å². The van der Waals surface area contributed by atoms with E-state index in [9.17, 15) is 4.79 Å². The highest BCUT2D eigenvalue weighted by atomic mass is 28.4. The average Bonchev–Trinajstić information content (AvgIpc) is 3.44. The number of ketones is 1. The van der Waals surface area contributed by atoms with Crippen molar-refractivity contribution in [2.75, 3.05) is 0 Å². The number of carbonyl (C=O) groups excluding carboxylic acids is 1. The van der Waals surface area contributed by atoms with E-state index in [1.54, 1.807) is 0 Å². The van der Waals surface area contributed by atoms with E-state index in [1.165, 1.54) is 32.1 Å². The van der Waals surface area contributed by atoms with Gasteiger partial charge in [-0.1, -0.05) is 73.9 Å². The number of rotatable bonds is 5. The lowest BCUT2D eigenvalue weighted by Gasteiger charge is -2.38. The summed E-state index contributed by atoms with van der Waals surface area (Å²) >= 11 is 0. The molecule has 3 rings (SSSR count). The second-order valence-electron chi connectivity index (χ2n) is 14.0. The van der Waals surface area contributed by atoms with Gasteiger partial charge >= 0.3 is 0 Å². The molecule has 0 N–H and O–H groups in total. The van der Waals surface area contributed by atoms with E-state index in [-0.39, 0.29) is 11.1 Å². The van der Waals surface area contributed by atoms with E-state index in [2.05, 4.69) is 73.8 Å². The van der Waals surface area contributed by atoms with Gasteiger partial charge in [-0.05, 0) is 53.9 Å². The van der Waals surface area contributed by atoms with E-state index >= 15 is 0 Å². The summed E-state index contributed by atoms with van der Waals surface area (Å²) in [7, 11) is -3.56. The third-order valence-corrected chi connectivity index (χ3v) is 19.8. The number of allylic oxidation sites excluding steroid dienone is 2. The summed E-state index contributed by atoms with van der Waals surface area (Å²) in [6.45, 7) is 23.5. The van der Waals surface area contributed by atoms with Crippen molar-refractivity contribution in [1.29, 1.82) is 0 Å². The molecule has 0 aromatic rings. The van der Waals surface area contributed by atoms with Crippen LogP contribution in [0.1, 0.15) is 86.5 Å². The third kappa shape index (κ3) is 5.46. The second kappa shape index (κ2) is 9.00. The molecular weight excluding hydrogens is 428 g/mol. The molecule has 3 nitrogen and oxygen atoms in total. The summed E-state index contributed by atoms with van der Waals surface area (Å²) in [5, 5.41) is 0.434. The van der Waals surface area contributed by atoms with Crippen molar-refractivity contribution in [2.24, 2.45) is 17.8 Å². The van der Waals surface area contributed by atoms with Crippen LogP contribution in [0.3, 0.4) is 0 Å². The molecule has 1 aliphatic heterocycles. The lowest BCUT2D eigenvalue weighted by molar-refractivity contribution is -0.120. The fourth-order valence-corrected chi connectivity index (χ4v) is 8.93. The molecule has 0 radical (unpaired) electrons. The Balaban J connectivity index is 1.91. The Kier molecular flexibility index (Phi) is 7.37. The van der Waals surface area contributed by atoms with Gasteiger partial charge in [0.2, 0.25) is 8.32 Å². The van der Waals surface area contributed by atoms with Crippen LogP contribution in [-0.2, 0) is 14.0 Å². The fourth-order valence-electron chi connectivity index (χ4n) is 5.41. The van der Waals surface area contributed by atoms with E-state index in [0.29, 0.717) is 47.1 Å². The lowest BCUT2D eigenvalue weighted by atomic mass is 9.72. The molecule has 0 amide bonds. The van der Waals surface area contributed by atoms with Crippen LogP contribution in [0, 0.1) is 17.8 Å². The molecule has 5 heteroatoms. The van der Waals surface area contributed by atoms with Crippen molar-refractivity contribution < 1.29 is 14.0 Å². The zero-order valence-electron chi connectivity index (χ0n) is 22.6. The molecule has 1 saturated heterocycles. The molecule has 2 aliphatic carbocycles. The number of ether oxygens (including phenoxy) is 1. The molecule has 4 atom stereocenters. The molecule has 184 valence electrons. The minimum Gasteiger partial charge on any atom is -0.546 e. The van der Waals surface area contributed by atoms with Gasteiger partial charge in [0, 0.05) is 12.3 Å². The maximum absolute atomic E-state index is 13.2. The number of carbonyl (C=O) groups is 1. The normalized spacial score (nSPS) is 31.2. The number of hydrogen-bond acceptors (Lipinski definition) is 3. The van der Waals surface area contributed by atoms with Crippen LogP contribution in [0.2, 0.25) is 36.3 Å². The first-order valence-corrected chi connectivity index (χ1v) is 19.1. The fraction of sp³-hybridized carbons (Fsp3) is 0.889. The van der Waals surface area contributed by atoms with Crippen LogP contribution in [0.4, 0.5) is 0 Å². The Bertz CT molecular complexity index is 720. The average molecular weight is 479 g/mol. The molecular formula is C27H50O3Si2. The van der Waals surface area contributed by atoms with Crippen LogP contribution in [0.25, 0.3) is 0 Å². The summed E-state index contributed by atoms with van der Waals surface area (Å²) in [5.74, 6) is 2.74. The van der Waals surface area contributed by atoms with Crippen LogP contribution in [0.15, 0.2) is 11.8 Å². The largest absolute Gasteiger partial charge is 0.546 e. The Morgan fingerprint density at radius 2 is 1.53 bits per heavy atom. The van der Waals surface area contributed by atoms with Gasteiger partial charge in [0.1, 0.15) is 5.78 Å². The van der Waals surface area contributed by atoms with Gasteiger partial charge in [0.15, 0.2) is 0 Å². The Morgan fingerprint density at radius 3 is 2.06 bits per heavy atom. The number of Topliss-reactive ketones (excluding diaryl/α,β-unsaturated/α-hetero) is 1. The molecule has 0 aromatic heterocycles. The number of hydrogen-bond donors (Lipinski definition) is 0. The molecule has 1 unspecified atom stereocenters. The smallest absolute Gasteiger partial charge is 0.250 e. The van der Waals surface area contributed by atoms with Gasteiger partial charge in [-0.15, -0.1) is 0 Å². The predicted molar refractivity (Wildman–Crippen MR) is 140 cm³/mol. The highest BCUT2D eigenvalue weighted by Gasteiger charge is 2.60. The predicted octanol–water partition coefficient (Wildman–Crippen LogP) is 7.88. The molecule has 2 fully saturated rings. The van der Waals surface area contributed by atoms with Gasteiger partial charge in [-0.3, -0.25) is 4.79 Å². The standard InChI is InChI=1S/C27H50O3Si2/c1-26(2,3)31(7,8)25-24(29-25)23-17-20(28)16-21(30-32(9,10)27(4,5)6)18-22(23)19-14-12-11-13-15-19/h18-19,22-25H,11-17H2,1-10H3/t22-,23?,24-,25+/m0/s1.